The number of rotatable bonds is 7. The Morgan fingerprint density at radius 2 is 1.94 bits per heavy atom. The van der Waals surface area contributed by atoms with Gasteiger partial charge in [0.25, 0.3) is 5.91 Å². The van der Waals surface area contributed by atoms with E-state index in [1.54, 1.807) is 19.2 Å². The average Bonchev–Trinajstić information content (AvgIpc) is 3.58. The van der Waals surface area contributed by atoms with E-state index < -0.39 is 0 Å². The molecule has 1 N–H and O–H groups in total. The Bertz CT molecular complexity index is 957. The fourth-order valence-corrected chi connectivity index (χ4v) is 4.26. The minimum Gasteiger partial charge on any atom is -0.462 e. The Morgan fingerprint density at radius 1 is 1.19 bits per heavy atom. The minimum atomic E-state index is -0.330. The molecule has 166 valence electrons. The van der Waals surface area contributed by atoms with Gasteiger partial charge in [-0.1, -0.05) is 0 Å². The van der Waals surface area contributed by atoms with Gasteiger partial charge in [0, 0.05) is 48.8 Å². The Kier molecular flexibility index (Phi) is 6.27. The first-order valence-electron chi connectivity index (χ1n) is 11.0. The number of amides is 1. The summed E-state index contributed by atoms with van der Waals surface area (Å²) < 4.78 is 12.9. The second-order valence-corrected chi connectivity index (χ2v) is 8.03. The first-order chi connectivity index (χ1) is 15.0. The summed E-state index contributed by atoms with van der Waals surface area (Å²) in [6.45, 7) is 9.32. The summed E-state index contributed by atoms with van der Waals surface area (Å²) in [6.07, 6.45) is 3.83. The fraction of sp³-hybridized carbons (Fsp3) is 0.522. The number of morpholine rings is 1. The van der Waals surface area contributed by atoms with E-state index in [9.17, 15) is 9.59 Å². The quantitative estimate of drug-likeness (QED) is 0.686. The molecule has 8 heteroatoms. The molecule has 2 aliphatic rings. The molecular weight excluding hydrogens is 396 g/mol. The van der Waals surface area contributed by atoms with Crippen molar-refractivity contribution in [3.05, 3.63) is 46.4 Å². The molecule has 31 heavy (non-hydrogen) atoms. The van der Waals surface area contributed by atoms with Gasteiger partial charge in [-0.05, 0) is 45.7 Å². The summed E-state index contributed by atoms with van der Waals surface area (Å²) in [5, 5.41) is 2.96. The highest BCUT2D eigenvalue weighted by Crippen LogP contribution is 2.40. The molecule has 0 spiro atoms. The zero-order valence-corrected chi connectivity index (χ0v) is 18.4. The predicted octanol–water partition coefficient (Wildman–Crippen LogP) is 2.78. The molecule has 1 amide bonds. The Balaban J connectivity index is 1.48. The third-order valence-electron chi connectivity index (χ3n) is 5.99. The van der Waals surface area contributed by atoms with Gasteiger partial charge in [-0.15, -0.1) is 0 Å². The van der Waals surface area contributed by atoms with E-state index in [2.05, 4.69) is 19.8 Å². The van der Waals surface area contributed by atoms with Crippen molar-refractivity contribution in [1.29, 1.82) is 0 Å². The second kappa shape index (κ2) is 9.09. The van der Waals surface area contributed by atoms with Crippen LogP contribution in [0.3, 0.4) is 0 Å². The van der Waals surface area contributed by atoms with Crippen LogP contribution in [0.5, 0.6) is 0 Å². The molecule has 0 unspecified atom stereocenters. The molecule has 0 bridgehead atoms. The minimum absolute atomic E-state index is 0.216. The predicted molar refractivity (Wildman–Crippen MR) is 117 cm³/mol. The summed E-state index contributed by atoms with van der Waals surface area (Å²) in [5.41, 5.74) is 3.83. The van der Waals surface area contributed by atoms with Crippen molar-refractivity contribution in [3.63, 3.8) is 0 Å². The maximum absolute atomic E-state index is 12.8. The lowest BCUT2D eigenvalue weighted by atomic mass is 10.1. The number of nitrogens with one attached hydrogen (secondary N) is 1. The topological polar surface area (TPSA) is 85.7 Å². The highest BCUT2D eigenvalue weighted by atomic mass is 16.5. The van der Waals surface area contributed by atoms with Gasteiger partial charge in [0.05, 0.1) is 30.9 Å². The molecule has 1 aliphatic carbocycles. The van der Waals surface area contributed by atoms with Crippen LogP contribution in [0.15, 0.2) is 18.3 Å². The number of nitrogens with zero attached hydrogens (tertiary/aromatic N) is 3. The summed E-state index contributed by atoms with van der Waals surface area (Å²) >= 11 is 0. The highest BCUT2D eigenvalue weighted by molar-refractivity contribution is 5.95. The van der Waals surface area contributed by atoms with Crippen LogP contribution < -0.4 is 10.2 Å². The molecule has 2 aromatic rings. The first kappa shape index (κ1) is 21.4. The van der Waals surface area contributed by atoms with Crippen molar-refractivity contribution in [2.75, 3.05) is 37.8 Å². The summed E-state index contributed by atoms with van der Waals surface area (Å²) in [4.78, 5) is 32.0. The van der Waals surface area contributed by atoms with Crippen LogP contribution in [-0.4, -0.2) is 54.3 Å². The lowest BCUT2D eigenvalue weighted by Crippen LogP contribution is -2.36. The van der Waals surface area contributed by atoms with Crippen LogP contribution in [0, 0.1) is 13.8 Å². The summed E-state index contributed by atoms with van der Waals surface area (Å²) in [7, 11) is 0. The molecule has 4 rings (SSSR count). The highest BCUT2D eigenvalue weighted by Gasteiger charge is 2.32. The number of hydrogen-bond donors (Lipinski definition) is 1. The van der Waals surface area contributed by atoms with Gasteiger partial charge in [-0.25, -0.2) is 9.78 Å². The van der Waals surface area contributed by atoms with Gasteiger partial charge < -0.3 is 24.3 Å². The van der Waals surface area contributed by atoms with Crippen molar-refractivity contribution in [1.82, 2.24) is 14.9 Å². The first-order valence-corrected chi connectivity index (χ1v) is 11.0. The molecule has 2 fully saturated rings. The largest absolute Gasteiger partial charge is 0.462 e. The fourth-order valence-electron chi connectivity index (χ4n) is 4.26. The number of pyridine rings is 1. The molecule has 3 heterocycles. The molecule has 0 atom stereocenters. The van der Waals surface area contributed by atoms with E-state index in [4.69, 9.17) is 9.47 Å². The SMILES string of the molecule is CCOC(=O)c1c(CNC(=O)c2ccc(N3CCOCC3)nc2)c(C)n(C2CC2)c1C. The summed E-state index contributed by atoms with van der Waals surface area (Å²) in [5.74, 6) is 0.299. The Labute approximate surface area is 182 Å². The third kappa shape index (κ3) is 4.44. The average molecular weight is 427 g/mol. The lowest BCUT2D eigenvalue weighted by Gasteiger charge is -2.27. The van der Waals surface area contributed by atoms with Gasteiger partial charge in [0.2, 0.25) is 0 Å². The normalized spacial score (nSPS) is 16.3. The Morgan fingerprint density at radius 3 is 2.55 bits per heavy atom. The number of carbonyl (C=O) groups is 2. The molecule has 8 nitrogen and oxygen atoms in total. The molecule has 0 radical (unpaired) electrons. The molecule has 0 aromatic carbocycles. The monoisotopic (exact) mass is 426 g/mol. The zero-order valence-electron chi connectivity index (χ0n) is 18.4. The molecular formula is C23H30N4O4. The number of carbonyl (C=O) groups excluding carboxylic acids is 2. The van der Waals surface area contributed by atoms with Crippen molar-refractivity contribution in [2.45, 2.75) is 46.2 Å². The van der Waals surface area contributed by atoms with Crippen LogP contribution in [0.1, 0.15) is 63.5 Å². The van der Waals surface area contributed by atoms with Crippen molar-refractivity contribution >= 4 is 17.7 Å². The third-order valence-corrected chi connectivity index (χ3v) is 5.99. The van der Waals surface area contributed by atoms with Crippen molar-refractivity contribution < 1.29 is 19.1 Å². The number of hydrogen-bond acceptors (Lipinski definition) is 6. The molecule has 1 aliphatic heterocycles. The van der Waals surface area contributed by atoms with Crippen molar-refractivity contribution in [2.24, 2.45) is 0 Å². The summed E-state index contributed by atoms with van der Waals surface area (Å²) in [6, 6.07) is 4.09. The van der Waals surface area contributed by atoms with Gasteiger partial charge in [0.15, 0.2) is 0 Å². The van der Waals surface area contributed by atoms with E-state index in [0.29, 0.717) is 37.0 Å². The van der Waals surface area contributed by atoms with Gasteiger partial charge in [-0.2, -0.15) is 0 Å². The zero-order chi connectivity index (χ0) is 22.0. The van der Waals surface area contributed by atoms with Gasteiger partial charge in [-0.3, -0.25) is 4.79 Å². The van der Waals surface area contributed by atoms with Crippen LogP contribution in [0.2, 0.25) is 0 Å². The van der Waals surface area contributed by atoms with E-state index in [1.165, 1.54) is 0 Å². The van der Waals surface area contributed by atoms with E-state index in [0.717, 1.165) is 48.7 Å². The molecule has 2 aromatic heterocycles. The molecule has 1 saturated carbocycles. The Hall–Kier alpha value is -2.87. The molecule has 1 saturated heterocycles. The lowest BCUT2D eigenvalue weighted by molar-refractivity contribution is 0.0523. The van der Waals surface area contributed by atoms with Crippen LogP contribution in [-0.2, 0) is 16.0 Å². The number of ether oxygens (including phenoxy) is 2. The van der Waals surface area contributed by atoms with E-state index in [1.807, 2.05) is 19.9 Å². The smallest absolute Gasteiger partial charge is 0.340 e. The number of esters is 1. The second-order valence-electron chi connectivity index (χ2n) is 8.03. The van der Waals surface area contributed by atoms with Gasteiger partial charge in [0.1, 0.15) is 5.82 Å². The maximum Gasteiger partial charge on any atom is 0.340 e. The van der Waals surface area contributed by atoms with Crippen LogP contribution >= 0.6 is 0 Å². The maximum atomic E-state index is 12.8. The number of aromatic nitrogens is 2. The number of anilines is 1. The van der Waals surface area contributed by atoms with Crippen molar-refractivity contribution in [3.8, 4) is 0 Å². The van der Waals surface area contributed by atoms with E-state index in [-0.39, 0.29) is 18.4 Å². The van der Waals surface area contributed by atoms with Crippen LogP contribution in [0.4, 0.5) is 5.82 Å². The van der Waals surface area contributed by atoms with Crippen LogP contribution in [0.25, 0.3) is 0 Å². The van der Waals surface area contributed by atoms with Gasteiger partial charge >= 0.3 is 5.97 Å². The standard InChI is InChI=1S/C23H30N4O4/c1-4-31-23(29)21-16(3)27(18-6-7-18)15(2)19(21)14-25-22(28)17-5-8-20(24-13-17)26-9-11-30-12-10-26/h5,8,13,18H,4,6-7,9-12,14H2,1-3H3,(H,25,28). The van der Waals surface area contributed by atoms with E-state index >= 15 is 0 Å².